The van der Waals surface area contributed by atoms with Crippen LogP contribution in [-0.2, 0) is 40.1 Å². The molecule has 624 valence electrons. The Morgan fingerprint density at radius 1 is 0.336 bits per heavy atom. The molecule has 0 bridgehead atoms. The van der Waals surface area contributed by atoms with E-state index < -0.39 is 117 Å². The van der Waals surface area contributed by atoms with E-state index in [1.807, 2.05) is 0 Å². The van der Waals surface area contributed by atoms with Gasteiger partial charge in [0.05, 0.1) is 74.0 Å². The first-order valence-electron chi connectivity index (χ1n) is 35.7. The summed E-state index contributed by atoms with van der Waals surface area (Å²) in [6, 6.07) is 29.3. The Labute approximate surface area is 714 Å². The number of aliphatic hydroxyl groups is 4. The van der Waals surface area contributed by atoms with Gasteiger partial charge in [-0.15, -0.1) is 0 Å². The van der Waals surface area contributed by atoms with Crippen LogP contribution in [0.3, 0.4) is 0 Å². The van der Waals surface area contributed by atoms with Gasteiger partial charge in [-0.25, -0.2) is 70.1 Å². The number of anilines is 4. The third-order valence-electron chi connectivity index (χ3n) is 18.7. The maximum atomic E-state index is 13.4. The van der Waals surface area contributed by atoms with E-state index in [-0.39, 0.29) is 110 Å². The van der Waals surface area contributed by atoms with Gasteiger partial charge in [-0.05, 0) is 267 Å². The van der Waals surface area contributed by atoms with Gasteiger partial charge in [-0.3, -0.25) is 19.2 Å². The molecule has 4 fully saturated rings. The number of hydrogen-bond acceptors (Lipinski definition) is 16. The van der Waals surface area contributed by atoms with E-state index >= 15 is 0 Å². The standard InChI is InChI=1S/2C19H19BrClFN2O4S.2C19H19Cl2FN2O4S/c20-15-10-13(4-8-17(15)22)23-19(26)11-1-7-16(21)18(9-11)29(27,28)24-12-2-5-14(25)6-3-12;20-16-9-11(4-7-18(16)22)23-19(26)15-10-14(5-6-17(15)21)29(27,28)24-12-2-1-3-13(25)8-12;20-15-7-1-11(19(26)23-13-4-8-17(22)16(21)10-13)9-18(15)29(27,28)24-12-2-5-14(25)6-3-12;20-13-7-5-11(19(26)23-12-6-8-15(22)14(21)10-12)9-18(13)29(27,28)24-16-3-1-2-4-17(16)25/h1,4,7-10,12,14,24-25H,2-3,5-6H2,(H,23,26);4-7,9-10,12-13,24-25H,1-3,8H2,(H,23,26);1,4,7-10,12,14,24-25H,2-3,5-6H2,(H,23,26);5-10,16-17,24-25H,1-4H2,(H,23,26). The van der Waals surface area contributed by atoms with Crippen LogP contribution in [0.4, 0.5) is 40.3 Å². The molecule has 0 radical (unpaired) electrons. The molecule has 4 amide bonds. The molecule has 116 heavy (non-hydrogen) atoms. The molecule has 12 rings (SSSR count). The van der Waals surface area contributed by atoms with E-state index in [1.165, 1.54) is 127 Å². The van der Waals surface area contributed by atoms with E-state index in [1.54, 1.807) is 0 Å². The van der Waals surface area contributed by atoms with Crippen LogP contribution >= 0.6 is 101 Å². The highest BCUT2D eigenvalue weighted by atomic mass is 79.9. The molecule has 12 N–H and O–H groups in total. The van der Waals surface area contributed by atoms with Crippen molar-refractivity contribution >= 4 is 188 Å². The van der Waals surface area contributed by atoms with Crippen molar-refractivity contribution in [3.63, 3.8) is 0 Å². The average molecular weight is 1930 g/mol. The first kappa shape index (κ1) is 93.4. The van der Waals surface area contributed by atoms with E-state index in [4.69, 9.17) is 69.6 Å². The van der Waals surface area contributed by atoms with E-state index in [9.17, 15) is 90.8 Å². The maximum absolute atomic E-state index is 13.4. The summed E-state index contributed by atoms with van der Waals surface area (Å²) in [5, 5.41) is 48.8. The highest BCUT2D eigenvalue weighted by Gasteiger charge is 2.33. The summed E-state index contributed by atoms with van der Waals surface area (Å²) in [4.78, 5) is 49.3. The minimum Gasteiger partial charge on any atom is -0.393 e. The van der Waals surface area contributed by atoms with Gasteiger partial charge in [-0.2, -0.15) is 0 Å². The lowest BCUT2D eigenvalue weighted by molar-refractivity contribution is 0.101. The smallest absolute Gasteiger partial charge is 0.257 e. The number of carbonyl (C=O) groups is 4. The Hall–Kier alpha value is -6.46. The summed E-state index contributed by atoms with van der Waals surface area (Å²) in [5.74, 6) is -4.58. The van der Waals surface area contributed by atoms with Crippen LogP contribution in [0.15, 0.2) is 174 Å². The molecule has 0 spiro atoms. The fourth-order valence-corrected chi connectivity index (χ4v) is 20.6. The normalized spacial score (nSPS) is 19.7. The fourth-order valence-electron chi connectivity index (χ4n) is 12.5. The second kappa shape index (κ2) is 41.7. The number of rotatable bonds is 20. The SMILES string of the molecule is O=C(Nc1ccc(F)c(Br)c1)c1cc(S(=O)(=O)NC2CCCC(O)C2)ccc1Cl.O=C(Nc1ccc(F)c(Br)c1)c1ccc(Cl)c(S(=O)(=O)NC2CCC(O)CC2)c1.O=C(Nc1ccc(F)c(Cl)c1)c1ccc(Cl)c(S(=O)(=O)NC2CCC(O)CC2)c1.O=C(Nc1ccc(F)c(Cl)c1)c1ccc(Cl)c(S(=O)(=O)NC2CCCCC2O)c1. The molecular formula is C76H76Br2Cl6F4N8O16S4. The largest absolute Gasteiger partial charge is 0.393 e. The molecule has 4 unspecified atom stereocenters. The van der Waals surface area contributed by atoms with Crippen LogP contribution in [-0.4, -0.2) is 126 Å². The number of nitrogens with one attached hydrogen (secondary N) is 8. The summed E-state index contributed by atoms with van der Waals surface area (Å²) in [6.45, 7) is 0. The monoisotopic (exact) mass is 1930 g/mol. The number of hydrogen-bond donors (Lipinski definition) is 12. The van der Waals surface area contributed by atoms with Crippen molar-refractivity contribution in [2.45, 2.75) is 171 Å². The molecule has 24 nitrogen and oxygen atoms in total. The lowest BCUT2D eigenvalue weighted by atomic mass is 9.93. The second-order valence-corrected chi connectivity index (χ2v) is 38.3. The lowest BCUT2D eigenvalue weighted by Gasteiger charge is -2.28. The van der Waals surface area contributed by atoms with Gasteiger partial charge in [0.1, 0.15) is 38.0 Å². The zero-order valence-electron chi connectivity index (χ0n) is 60.6. The van der Waals surface area contributed by atoms with Crippen molar-refractivity contribution in [1.29, 1.82) is 0 Å². The molecule has 8 aromatic rings. The van der Waals surface area contributed by atoms with Crippen LogP contribution < -0.4 is 40.2 Å². The molecule has 4 atom stereocenters. The van der Waals surface area contributed by atoms with E-state index in [0.29, 0.717) is 94.8 Å². The number of aliphatic hydroxyl groups excluding tert-OH is 4. The van der Waals surface area contributed by atoms with Gasteiger partial charge in [0, 0.05) is 63.6 Å². The van der Waals surface area contributed by atoms with Crippen LogP contribution in [0.2, 0.25) is 30.1 Å². The minimum atomic E-state index is -4.06. The van der Waals surface area contributed by atoms with Crippen molar-refractivity contribution in [3.8, 4) is 0 Å². The van der Waals surface area contributed by atoms with Crippen LogP contribution in [0.5, 0.6) is 0 Å². The summed E-state index contributed by atoms with van der Waals surface area (Å²) in [6.07, 6.45) is 7.10. The van der Waals surface area contributed by atoms with Crippen LogP contribution in [0.25, 0.3) is 0 Å². The summed E-state index contributed by atoms with van der Waals surface area (Å²) >= 11 is 41.8. The van der Waals surface area contributed by atoms with Crippen LogP contribution in [0, 0.1) is 23.3 Å². The molecular weight excluding hydrogens is 1860 g/mol. The summed E-state index contributed by atoms with van der Waals surface area (Å²) < 4.78 is 166. The second-order valence-electron chi connectivity index (χ2n) is 27.4. The highest BCUT2D eigenvalue weighted by molar-refractivity contribution is 9.10. The first-order valence-corrected chi connectivity index (χ1v) is 45.5. The van der Waals surface area contributed by atoms with Crippen LogP contribution in [0.1, 0.15) is 144 Å². The molecule has 4 aliphatic carbocycles. The Balaban J connectivity index is 0.000000177. The predicted molar refractivity (Wildman–Crippen MR) is 443 cm³/mol. The summed E-state index contributed by atoms with van der Waals surface area (Å²) in [5.41, 5.74) is 1.36. The highest BCUT2D eigenvalue weighted by Crippen LogP contribution is 2.34. The molecule has 40 heteroatoms. The molecule has 4 saturated carbocycles. The van der Waals surface area contributed by atoms with Crippen molar-refractivity contribution in [3.05, 3.63) is 230 Å². The maximum Gasteiger partial charge on any atom is 0.257 e. The number of sulfonamides is 4. The predicted octanol–water partition coefficient (Wildman–Crippen LogP) is 16.1. The van der Waals surface area contributed by atoms with Gasteiger partial charge in [-0.1, -0.05) is 82.4 Å². The zero-order chi connectivity index (χ0) is 84.7. The minimum absolute atomic E-state index is 0.00517. The zero-order valence-corrected chi connectivity index (χ0v) is 71.6. The molecule has 0 saturated heterocycles. The van der Waals surface area contributed by atoms with Gasteiger partial charge >= 0.3 is 0 Å². The Bertz CT molecular complexity index is 5280. The lowest BCUT2D eigenvalue weighted by Crippen LogP contribution is -2.45. The molecule has 8 aromatic carbocycles. The van der Waals surface area contributed by atoms with Gasteiger partial charge in [0.2, 0.25) is 40.1 Å². The first-order chi connectivity index (χ1) is 54.6. The molecule has 0 aromatic heterocycles. The topological polar surface area (TPSA) is 382 Å². The Morgan fingerprint density at radius 2 is 0.698 bits per heavy atom. The van der Waals surface area contributed by atoms with Crippen molar-refractivity contribution in [2.75, 3.05) is 21.3 Å². The Morgan fingerprint density at radius 3 is 1.09 bits per heavy atom. The number of carbonyl (C=O) groups excluding carboxylic acids is 4. The number of amides is 4. The van der Waals surface area contributed by atoms with E-state index in [2.05, 4.69) is 72.0 Å². The third kappa shape index (κ3) is 26.5. The number of benzene rings is 8. The molecule has 4 aliphatic rings. The fraction of sp³-hybridized carbons (Fsp3) is 0.316. The van der Waals surface area contributed by atoms with Crippen molar-refractivity contribution in [2.24, 2.45) is 0 Å². The van der Waals surface area contributed by atoms with Gasteiger partial charge in [0.25, 0.3) is 23.6 Å². The third-order valence-corrected chi connectivity index (χ3v) is 28.3. The van der Waals surface area contributed by atoms with E-state index in [0.717, 1.165) is 37.5 Å². The molecule has 0 aliphatic heterocycles. The van der Waals surface area contributed by atoms with Gasteiger partial charge in [0.15, 0.2) is 0 Å². The number of halogens is 12. The average Bonchev–Trinajstić information content (AvgIpc) is 0.808. The quantitative estimate of drug-likeness (QED) is 0.0315. The molecule has 0 heterocycles. The summed E-state index contributed by atoms with van der Waals surface area (Å²) in [7, 11) is -15.9. The van der Waals surface area contributed by atoms with Gasteiger partial charge < -0.3 is 41.7 Å². The van der Waals surface area contributed by atoms with Crippen molar-refractivity contribution in [1.82, 2.24) is 18.9 Å². The van der Waals surface area contributed by atoms with Crippen molar-refractivity contribution < 1.29 is 90.8 Å². The Kier molecular flexibility index (Phi) is 33.6.